The number of H-pyrrole nitrogens is 1. The summed E-state index contributed by atoms with van der Waals surface area (Å²) < 4.78 is 2.67. The smallest absolute Gasteiger partial charge is 0.179 e. The predicted octanol–water partition coefficient (Wildman–Crippen LogP) is 3.22. The lowest BCUT2D eigenvalue weighted by molar-refractivity contribution is 0.780. The molecule has 0 saturated carbocycles. The Morgan fingerprint density at radius 2 is 2.28 bits per heavy atom. The van der Waals surface area contributed by atoms with E-state index in [1.54, 1.807) is 11.3 Å². The Hall–Kier alpha value is -1.53. The van der Waals surface area contributed by atoms with E-state index in [9.17, 15) is 0 Å². The van der Waals surface area contributed by atoms with Crippen molar-refractivity contribution in [3.8, 4) is 0 Å². The van der Waals surface area contributed by atoms with Gasteiger partial charge in [0.2, 0.25) is 0 Å². The second-order valence-corrected chi connectivity index (χ2v) is 5.71. The number of hydrogen-bond donors (Lipinski definition) is 1. The highest BCUT2D eigenvalue weighted by Gasteiger charge is 2.08. The highest BCUT2D eigenvalue weighted by Crippen LogP contribution is 2.16. The van der Waals surface area contributed by atoms with Gasteiger partial charge in [0, 0.05) is 11.6 Å². The van der Waals surface area contributed by atoms with Gasteiger partial charge in [-0.3, -0.25) is 4.57 Å². The lowest BCUT2D eigenvalue weighted by atomic mass is 10.3. The first kappa shape index (κ1) is 11.6. The van der Waals surface area contributed by atoms with E-state index in [4.69, 9.17) is 12.2 Å². The molecule has 92 valence electrons. The maximum absolute atomic E-state index is 5.35. The van der Waals surface area contributed by atoms with E-state index in [1.807, 2.05) is 24.6 Å². The summed E-state index contributed by atoms with van der Waals surface area (Å²) in [5.41, 5.74) is 4.01. The van der Waals surface area contributed by atoms with Gasteiger partial charge < -0.3 is 4.98 Å². The Morgan fingerprint density at radius 1 is 1.44 bits per heavy atom. The third-order valence-electron chi connectivity index (χ3n) is 2.73. The fourth-order valence-electron chi connectivity index (χ4n) is 1.94. The molecule has 3 aromatic rings. The topological polar surface area (TPSA) is 46.5 Å². The Kier molecular flexibility index (Phi) is 2.76. The molecule has 6 heteroatoms. The quantitative estimate of drug-likeness (QED) is 0.731. The summed E-state index contributed by atoms with van der Waals surface area (Å²) in [7, 11) is 0. The van der Waals surface area contributed by atoms with E-state index in [0.717, 1.165) is 27.4 Å². The van der Waals surface area contributed by atoms with Crippen LogP contribution in [-0.4, -0.2) is 19.5 Å². The molecule has 0 spiro atoms. The molecule has 0 atom stereocenters. The molecule has 0 saturated heterocycles. The number of thiazole rings is 1. The monoisotopic (exact) mass is 276 g/mol. The highest BCUT2D eigenvalue weighted by molar-refractivity contribution is 7.71. The van der Waals surface area contributed by atoms with Crippen LogP contribution in [-0.2, 0) is 6.54 Å². The first-order chi connectivity index (χ1) is 8.63. The van der Waals surface area contributed by atoms with Crippen LogP contribution >= 0.6 is 23.6 Å². The van der Waals surface area contributed by atoms with Crippen LogP contribution in [0, 0.1) is 18.6 Å². The number of pyridine rings is 1. The third kappa shape index (κ3) is 1.97. The number of aryl methyl sites for hydroxylation is 2. The summed E-state index contributed by atoms with van der Waals surface area (Å²) in [4.78, 5) is 12.1. The summed E-state index contributed by atoms with van der Waals surface area (Å²) in [5.74, 6) is 0. The number of rotatable bonds is 2. The molecular formula is C12H12N4S2. The fraction of sp³-hybridized carbons (Fsp3) is 0.250. The largest absolute Gasteiger partial charge is 0.329 e. The minimum absolute atomic E-state index is 0.666. The van der Waals surface area contributed by atoms with Crippen LogP contribution in [0.1, 0.15) is 16.3 Å². The van der Waals surface area contributed by atoms with E-state index in [1.165, 1.54) is 0 Å². The van der Waals surface area contributed by atoms with Crippen molar-refractivity contribution in [2.45, 2.75) is 20.4 Å². The Labute approximate surface area is 113 Å². The summed E-state index contributed by atoms with van der Waals surface area (Å²) in [6.45, 7) is 4.69. The summed E-state index contributed by atoms with van der Waals surface area (Å²) in [6.07, 6.45) is 1.85. The van der Waals surface area contributed by atoms with Crippen molar-refractivity contribution < 1.29 is 0 Å². The molecular weight excluding hydrogens is 264 g/mol. The lowest BCUT2D eigenvalue weighted by Crippen LogP contribution is -2.01. The molecule has 0 bridgehead atoms. The minimum Gasteiger partial charge on any atom is -0.329 e. The van der Waals surface area contributed by atoms with Gasteiger partial charge in [-0.1, -0.05) is 0 Å². The number of aromatic amines is 1. The molecule has 1 N–H and O–H groups in total. The first-order valence-corrected chi connectivity index (χ1v) is 6.88. The van der Waals surface area contributed by atoms with Crippen molar-refractivity contribution in [3.05, 3.63) is 38.7 Å². The molecule has 0 radical (unpaired) electrons. The van der Waals surface area contributed by atoms with E-state index in [-0.39, 0.29) is 0 Å². The predicted molar refractivity (Wildman–Crippen MR) is 75.6 cm³/mol. The van der Waals surface area contributed by atoms with Gasteiger partial charge >= 0.3 is 0 Å². The van der Waals surface area contributed by atoms with Crippen molar-refractivity contribution in [2.75, 3.05) is 0 Å². The number of fused-ring (bicyclic) bond motifs is 1. The van der Waals surface area contributed by atoms with Crippen LogP contribution in [0.5, 0.6) is 0 Å². The third-order valence-corrected chi connectivity index (χ3v) is 3.88. The Morgan fingerprint density at radius 3 is 3.00 bits per heavy atom. The van der Waals surface area contributed by atoms with Crippen molar-refractivity contribution in [2.24, 2.45) is 0 Å². The lowest BCUT2D eigenvalue weighted by Gasteiger charge is -2.01. The molecule has 0 amide bonds. The van der Waals surface area contributed by atoms with Crippen LogP contribution in [0.4, 0.5) is 0 Å². The van der Waals surface area contributed by atoms with Crippen molar-refractivity contribution in [1.82, 2.24) is 19.5 Å². The maximum atomic E-state index is 5.35. The summed E-state index contributed by atoms with van der Waals surface area (Å²) in [5, 5.41) is 3.13. The van der Waals surface area contributed by atoms with E-state index >= 15 is 0 Å². The SMILES string of the molecule is Cc1cnc2c(c1)[nH]c(=S)n2Cc1csc(C)n1. The molecule has 0 unspecified atom stereocenters. The average molecular weight is 276 g/mol. The maximum Gasteiger partial charge on any atom is 0.179 e. The molecule has 18 heavy (non-hydrogen) atoms. The van der Waals surface area contributed by atoms with Crippen LogP contribution in [0.15, 0.2) is 17.6 Å². The van der Waals surface area contributed by atoms with Gasteiger partial charge in [-0.05, 0) is 37.7 Å². The molecule has 0 aromatic carbocycles. The zero-order valence-electron chi connectivity index (χ0n) is 10.1. The summed E-state index contributed by atoms with van der Waals surface area (Å²) in [6, 6.07) is 2.06. The van der Waals surface area contributed by atoms with Gasteiger partial charge in [-0.15, -0.1) is 11.3 Å². The fourth-order valence-corrected chi connectivity index (χ4v) is 2.80. The van der Waals surface area contributed by atoms with Crippen LogP contribution in [0.3, 0.4) is 0 Å². The van der Waals surface area contributed by atoms with Crippen LogP contribution in [0.2, 0.25) is 0 Å². The number of nitrogens with zero attached hydrogens (tertiary/aromatic N) is 3. The normalized spacial score (nSPS) is 11.2. The number of hydrogen-bond acceptors (Lipinski definition) is 4. The van der Waals surface area contributed by atoms with Gasteiger partial charge in [0.25, 0.3) is 0 Å². The van der Waals surface area contributed by atoms with Crippen LogP contribution in [0.25, 0.3) is 11.2 Å². The molecule has 3 rings (SSSR count). The van der Waals surface area contributed by atoms with Crippen LogP contribution < -0.4 is 0 Å². The zero-order chi connectivity index (χ0) is 12.7. The first-order valence-electron chi connectivity index (χ1n) is 5.59. The van der Waals surface area contributed by atoms with Gasteiger partial charge in [-0.25, -0.2) is 9.97 Å². The van der Waals surface area contributed by atoms with E-state index in [0.29, 0.717) is 11.3 Å². The van der Waals surface area contributed by atoms with Gasteiger partial charge in [0.15, 0.2) is 10.4 Å². The molecule has 3 aromatic heterocycles. The summed E-state index contributed by atoms with van der Waals surface area (Å²) >= 11 is 7.00. The Balaban J connectivity index is 2.11. The molecule has 0 fully saturated rings. The van der Waals surface area contributed by atoms with E-state index in [2.05, 4.69) is 26.4 Å². The molecule has 0 aliphatic rings. The van der Waals surface area contributed by atoms with E-state index < -0.39 is 0 Å². The number of imidazole rings is 1. The molecule has 0 aliphatic heterocycles. The zero-order valence-corrected chi connectivity index (χ0v) is 11.7. The van der Waals surface area contributed by atoms with Gasteiger partial charge in [-0.2, -0.15) is 0 Å². The van der Waals surface area contributed by atoms with Crippen molar-refractivity contribution in [3.63, 3.8) is 0 Å². The highest BCUT2D eigenvalue weighted by atomic mass is 32.1. The average Bonchev–Trinajstić information content (AvgIpc) is 2.84. The molecule has 0 aliphatic carbocycles. The molecule has 3 heterocycles. The number of nitrogens with one attached hydrogen (secondary N) is 1. The number of aromatic nitrogens is 4. The second-order valence-electron chi connectivity index (χ2n) is 4.26. The van der Waals surface area contributed by atoms with Crippen molar-refractivity contribution >= 4 is 34.7 Å². The molecule has 4 nitrogen and oxygen atoms in total. The van der Waals surface area contributed by atoms with Crippen molar-refractivity contribution in [1.29, 1.82) is 0 Å². The second kappa shape index (κ2) is 4.29. The Bertz CT molecular complexity index is 766. The van der Waals surface area contributed by atoms with Gasteiger partial charge in [0.1, 0.15) is 0 Å². The minimum atomic E-state index is 0.666. The standard InChI is InChI=1S/C12H12N4S2/c1-7-3-10-11(13-4-7)16(12(17)15-10)5-9-6-18-8(2)14-9/h3-4,6H,5H2,1-2H3,(H,15,17). The van der Waals surface area contributed by atoms with Gasteiger partial charge in [0.05, 0.1) is 22.8 Å².